The van der Waals surface area contributed by atoms with Gasteiger partial charge in [-0.1, -0.05) is 12.1 Å². The van der Waals surface area contributed by atoms with Crippen LogP contribution in [0.1, 0.15) is 31.2 Å². The third-order valence-corrected chi connectivity index (χ3v) is 4.70. The molecule has 2 saturated heterocycles. The largest absolute Gasteiger partial charge is 0.341 e. The second-order valence-electron chi connectivity index (χ2n) is 6.25. The summed E-state index contributed by atoms with van der Waals surface area (Å²) in [7, 11) is 0. The van der Waals surface area contributed by atoms with E-state index < -0.39 is 0 Å². The van der Waals surface area contributed by atoms with E-state index in [0.717, 1.165) is 57.3 Å². The molecule has 2 fully saturated rings. The van der Waals surface area contributed by atoms with Gasteiger partial charge in [0.25, 0.3) is 0 Å². The van der Waals surface area contributed by atoms with E-state index in [1.165, 1.54) is 6.07 Å². The molecule has 1 aromatic rings. The Hall–Kier alpha value is -1.42. The summed E-state index contributed by atoms with van der Waals surface area (Å²) >= 11 is 0. The van der Waals surface area contributed by atoms with E-state index >= 15 is 0 Å². The number of carbonyl (C=O) groups is 1. The molecule has 1 atom stereocenters. The van der Waals surface area contributed by atoms with Crippen LogP contribution in [0.5, 0.6) is 0 Å². The first-order valence-corrected chi connectivity index (χ1v) is 7.99. The summed E-state index contributed by atoms with van der Waals surface area (Å²) in [6, 6.07) is 6.92. The van der Waals surface area contributed by atoms with Gasteiger partial charge in [0.15, 0.2) is 0 Å². The number of halogens is 1. The quantitative estimate of drug-likeness (QED) is 0.927. The highest BCUT2D eigenvalue weighted by Gasteiger charge is 2.29. The van der Waals surface area contributed by atoms with Gasteiger partial charge >= 0.3 is 0 Å². The van der Waals surface area contributed by atoms with Crippen LogP contribution in [-0.4, -0.2) is 36.5 Å². The van der Waals surface area contributed by atoms with Gasteiger partial charge in [0.05, 0.1) is 6.04 Å². The molecule has 4 heteroatoms. The Labute approximate surface area is 125 Å². The number of hydrogen-bond donors (Lipinski definition) is 1. The van der Waals surface area contributed by atoms with Gasteiger partial charge in [0.2, 0.25) is 5.91 Å². The third-order valence-electron chi connectivity index (χ3n) is 4.70. The zero-order valence-corrected chi connectivity index (χ0v) is 12.4. The van der Waals surface area contributed by atoms with E-state index in [4.69, 9.17) is 0 Å². The van der Waals surface area contributed by atoms with Gasteiger partial charge in [0.1, 0.15) is 5.82 Å². The molecule has 0 aliphatic carbocycles. The van der Waals surface area contributed by atoms with Crippen LogP contribution in [0.3, 0.4) is 0 Å². The van der Waals surface area contributed by atoms with Crippen LogP contribution in [-0.2, 0) is 11.2 Å². The Bertz CT molecular complexity index is 491. The van der Waals surface area contributed by atoms with Crippen molar-refractivity contribution in [3.63, 3.8) is 0 Å². The zero-order valence-electron chi connectivity index (χ0n) is 12.4. The number of amides is 1. The maximum absolute atomic E-state index is 13.2. The minimum Gasteiger partial charge on any atom is -0.341 e. The predicted molar refractivity (Wildman–Crippen MR) is 80.4 cm³/mol. The lowest BCUT2D eigenvalue weighted by molar-refractivity contribution is -0.134. The minimum atomic E-state index is -0.160. The Morgan fingerprint density at radius 1 is 1.29 bits per heavy atom. The number of nitrogens with one attached hydrogen (secondary N) is 1. The van der Waals surface area contributed by atoms with Crippen LogP contribution in [0.25, 0.3) is 0 Å². The summed E-state index contributed by atoms with van der Waals surface area (Å²) in [5.41, 5.74) is 1.07. The van der Waals surface area contributed by atoms with Crippen LogP contribution < -0.4 is 5.32 Å². The van der Waals surface area contributed by atoms with Crippen molar-refractivity contribution in [3.05, 3.63) is 35.6 Å². The number of hydrogen-bond acceptors (Lipinski definition) is 2. The van der Waals surface area contributed by atoms with E-state index in [1.807, 2.05) is 11.0 Å². The number of likely N-dealkylation sites (tertiary alicyclic amines) is 1. The molecule has 1 amide bonds. The molecule has 0 spiro atoms. The first-order chi connectivity index (χ1) is 10.2. The molecule has 114 valence electrons. The molecular weight excluding hydrogens is 267 g/mol. The number of carbonyl (C=O) groups excluding carboxylic acids is 1. The summed E-state index contributed by atoms with van der Waals surface area (Å²) in [4.78, 5) is 14.3. The Balaban J connectivity index is 1.49. The molecule has 2 aliphatic rings. The smallest absolute Gasteiger partial charge is 0.239 e. The van der Waals surface area contributed by atoms with Crippen molar-refractivity contribution < 1.29 is 9.18 Å². The molecule has 3 nitrogen and oxygen atoms in total. The molecule has 2 aliphatic heterocycles. The van der Waals surface area contributed by atoms with Crippen molar-refractivity contribution in [3.8, 4) is 0 Å². The van der Waals surface area contributed by atoms with Crippen LogP contribution >= 0.6 is 0 Å². The van der Waals surface area contributed by atoms with E-state index in [1.54, 1.807) is 12.1 Å². The monoisotopic (exact) mass is 290 g/mol. The SMILES string of the molecule is O=C(C1CCCN1)N1CCC(Cc2cccc(F)c2)CC1. The van der Waals surface area contributed by atoms with Gasteiger partial charge in [0, 0.05) is 13.1 Å². The fourth-order valence-corrected chi connectivity index (χ4v) is 3.47. The van der Waals surface area contributed by atoms with Gasteiger partial charge in [-0.05, 0) is 62.3 Å². The maximum Gasteiger partial charge on any atom is 0.239 e. The Morgan fingerprint density at radius 2 is 2.10 bits per heavy atom. The molecule has 0 saturated carbocycles. The number of benzene rings is 1. The summed E-state index contributed by atoms with van der Waals surface area (Å²) in [5.74, 6) is 0.677. The van der Waals surface area contributed by atoms with Crippen molar-refractivity contribution in [2.24, 2.45) is 5.92 Å². The molecule has 1 unspecified atom stereocenters. The lowest BCUT2D eigenvalue weighted by atomic mass is 9.90. The Morgan fingerprint density at radius 3 is 2.76 bits per heavy atom. The minimum absolute atomic E-state index is 0.0461. The lowest BCUT2D eigenvalue weighted by Gasteiger charge is -2.33. The zero-order chi connectivity index (χ0) is 14.7. The van der Waals surface area contributed by atoms with Gasteiger partial charge in [-0.2, -0.15) is 0 Å². The van der Waals surface area contributed by atoms with E-state index in [-0.39, 0.29) is 17.8 Å². The summed E-state index contributed by atoms with van der Waals surface area (Å²) in [5, 5.41) is 3.28. The van der Waals surface area contributed by atoms with Gasteiger partial charge in [-0.25, -0.2) is 4.39 Å². The number of piperidine rings is 1. The second-order valence-corrected chi connectivity index (χ2v) is 6.25. The molecule has 0 aromatic heterocycles. The third kappa shape index (κ3) is 3.62. The van der Waals surface area contributed by atoms with Crippen molar-refractivity contribution in [1.82, 2.24) is 10.2 Å². The van der Waals surface area contributed by atoms with Crippen molar-refractivity contribution in [1.29, 1.82) is 0 Å². The van der Waals surface area contributed by atoms with Gasteiger partial charge in [-0.3, -0.25) is 4.79 Å². The standard InChI is InChI=1S/C17H23FN2O/c18-15-4-1-3-14(12-15)11-13-6-9-20(10-7-13)17(21)16-5-2-8-19-16/h1,3-4,12-13,16,19H,2,5-11H2. The van der Waals surface area contributed by atoms with Crippen LogP contribution in [0.2, 0.25) is 0 Å². The van der Waals surface area contributed by atoms with E-state index in [2.05, 4.69) is 5.32 Å². The normalized spacial score (nSPS) is 23.5. The van der Waals surface area contributed by atoms with Crippen LogP contribution in [0.4, 0.5) is 4.39 Å². The van der Waals surface area contributed by atoms with Crippen molar-refractivity contribution >= 4 is 5.91 Å². The molecule has 1 N–H and O–H groups in total. The van der Waals surface area contributed by atoms with Gasteiger partial charge in [-0.15, -0.1) is 0 Å². The number of rotatable bonds is 3. The lowest BCUT2D eigenvalue weighted by Crippen LogP contribution is -2.47. The topological polar surface area (TPSA) is 32.3 Å². The van der Waals surface area contributed by atoms with E-state index in [0.29, 0.717) is 5.92 Å². The number of nitrogens with zero attached hydrogens (tertiary/aromatic N) is 1. The first-order valence-electron chi connectivity index (χ1n) is 7.99. The van der Waals surface area contributed by atoms with Crippen LogP contribution in [0, 0.1) is 11.7 Å². The molecule has 0 bridgehead atoms. The first kappa shape index (κ1) is 14.5. The van der Waals surface area contributed by atoms with E-state index in [9.17, 15) is 9.18 Å². The fourth-order valence-electron chi connectivity index (χ4n) is 3.47. The maximum atomic E-state index is 13.2. The molecule has 1 aromatic carbocycles. The highest BCUT2D eigenvalue weighted by Crippen LogP contribution is 2.23. The molecule has 0 radical (unpaired) electrons. The highest BCUT2D eigenvalue weighted by atomic mass is 19.1. The van der Waals surface area contributed by atoms with Crippen LogP contribution in [0.15, 0.2) is 24.3 Å². The van der Waals surface area contributed by atoms with Crippen molar-refractivity contribution in [2.45, 2.75) is 38.1 Å². The molecule has 3 rings (SSSR count). The molecule has 21 heavy (non-hydrogen) atoms. The van der Waals surface area contributed by atoms with Crippen molar-refractivity contribution in [2.75, 3.05) is 19.6 Å². The Kier molecular flexibility index (Phi) is 4.54. The summed E-state index contributed by atoms with van der Waals surface area (Å²) in [6.07, 6.45) is 5.04. The van der Waals surface area contributed by atoms with Gasteiger partial charge < -0.3 is 10.2 Å². The average Bonchev–Trinajstić information content (AvgIpc) is 3.01. The average molecular weight is 290 g/mol. The second kappa shape index (κ2) is 6.56. The molecule has 2 heterocycles. The summed E-state index contributed by atoms with van der Waals surface area (Å²) in [6.45, 7) is 2.65. The fraction of sp³-hybridized carbons (Fsp3) is 0.588. The highest BCUT2D eigenvalue weighted by molar-refractivity contribution is 5.82. The predicted octanol–water partition coefficient (Wildman–Crippen LogP) is 2.36. The molecular formula is C17H23FN2O. The summed E-state index contributed by atoms with van der Waals surface area (Å²) < 4.78 is 13.2.